The molecule has 0 saturated heterocycles. The SMILES string of the molecule is CCCCn1nc(CC(C)C)nc1-c1cc2n(n1)CCN(C)C2=O. The molecule has 0 N–H and O–H groups in total. The maximum absolute atomic E-state index is 12.3. The second kappa shape index (κ2) is 6.75. The van der Waals surface area contributed by atoms with Crippen LogP contribution in [0.5, 0.6) is 0 Å². The zero-order valence-corrected chi connectivity index (χ0v) is 15.0. The number of hydrogen-bond acceptors (Lipinski definition) is 4. The van der Waals surface area contributed by atoms with Gasteiger partial charge in [0.2, 0.25) is 0 Å². The van der Waals surface area contributed by atoms with Gasteiger partial charge in [0.25, 0.3) is 5.91 Å². The van der Waals surface area contributed by atoms with Gasteiger partial charge in [0.05, 0.1) is 6.54 Å². The first-order valence-electron chi connectivity index (χ1n) is 8.77. The lowest BCUT2D eigenvalue weighted by Crippen LogP contribution is -2.37. The number of nitrogens with zero attached hydrogens (tertiary/aromatic N) is 6. The molecule has 1 aliphatic rings. The van der Waals surface area contributed by atoms with E-state index >= 15 is 0 Å². The Bertz CT molecular complexity index is 730. The molecule has 0 atom stereocenters. The molecule has 0 aliphatic carbocycles. The van der Waals surface area contributed by atoms with E-state index in [1.165, 1.54) is 0 Å². The minimum absolute atomic E-state index is 0.0158. The van der Waals surface area contributed by atoms with E-state index in [0.29, 0.717) is 18.2 Å². The monoisotopic (exact) mass is 330 g/mol. The zero-order valence-electron chi connectivity index (χ0n) is 15.0. The van der Waals surface area contributed by atoms with Crippen molar-refractivity contribution in [3.8, 4) is 11.5 Å². The lowest BCUT2D eigenvalue weighted by molar-refractivity contribution is 0.0743. The van der Waals surface area contributed by atoms with Gasteiger partial charge in [0, 0.05) is 32.6 Å². The van der Waals surface area contributed by atoms with E-state index < -0.39 is 0 Å². The van der Waals surface area contributed by atoms with Crippen LogP contribution in [0.2, 0.25) is 0 Å². The molecule has 24 heavy (non-hydrogen) atoms. The molecular formula is C17H26N6O. The van der Waals surface area contributed by atoms with Crippen molar-refractivity contribution >= 4 is 5.91 Å². The average Bonchev–Trinajstić information content (AvgIpc) is 3.12. The topological polar surface area (TPSA) is 68.8 Å². The van der Waals surface area contributed by atoms with Crippen LogP contribution in [0.3, 0.4) is 0 Å². The number of rotatable bonds is 6. The molecule has 0 saturated carbocycles. The predicted molar refractivity (Wildman–Crippen MR) is 91.7 cm³/mol. The van der Waals surface area contributed by atoms with Gasteiger partial charge in [-0.15, -0.1) is 0 Å². The number of amides is 1. The summed E-state index contributed by atoms with van der Waals surface area (Å²) in [7, 11) is 1.82. The van der Waals surface area contributed by atoms with Gasteiger partial charge in [0.1, 0.15) is 11.4 Å². The Labute approximate surface area is 142 Å². The summed E-state index contributed by atoms with van der Waals surface area (Å²) < 4.78 is 3.74. The molecule has 1 amide bonds. The van der Waals surface area contributed by atoms with Crippen molar-refractivity contribution in [1.82, 2.24) is 29.4 Å². The van der Waals surface area contributed by atoms with E-state index in [1.54, 1.807) is 9.58 Å². The third-order valence-corrected chi connectivity index (χ3v) is 4.25. The first-order valence-corrected chi connectivity index (χ1v) is 8.77. The molecule has 0 radical (unpaired) electrons. The van der Waals surface area contributed by atoms with Crippen LogP contribution in [0, 0.1) is 5.92 Å². The Kier molecular flexibility index (Phi) is 4.69. The molecule has 2 aromatic rings. The fourth-order valence-corrected chi connectivity index (χ4v) is 2.90. The van der Waals surface area contributed by atoms with Gasteiger partial charge in [-0.1, -0.05) is 27.2 Å². The minimum Gasteiger partial charge on any atom is -0.339 e. The number of carbonyl (C=O) groups excluding carboxylic acids is 1. The van der Waals surface area contributed by atoms with Crippen molar-refractivity contribution in [3.63, 3.8) is 0 Å². The van der Waals surface area contributed by atoms with E-state index in [4.69, 9.17) is 4.98 Å². The molecule has 0 aromatic carbocycles. The molecule has 0 unspecified atom stereocenters. The second-order valence-corrected chi connectivity index (χ2v) is 6.89. The van der Waals surface area contributed by atoms with Crippen molar-refractivity contribution < 1.29 is 4.79 Å². The van der Waals surface area contributed by atoms with Gasteiger partial charge >= 0.3 is 0 Å². The van der Waals surface area contributed by atoms with Gasteiger partial charge in [-0.2, -0.15) is 10.2 Å². The standard InChI is InChI=1S/C17H26N6O/c1-5-6-7-23-16(18-15(20-23)10-12(2)3)13-11-14-17(24)21(4)8-9-22(14)19-13/h11-12H,5-10H2,1-4H3. The van der Waals surface area contributed by atoms with Crippen LogP contribution >= 0.6 is 0 Å². The largest absolute Gasteiger partial charge is 0.339 e. The average molecular weight is 330 g/mol. The molecule has 3 heterocycles. The summed E-state index contributed by atoms with van der Waals surface area (Å²) in [4.78, 5) is 18.7. The van der Waals surface area contributed by atoms with Crippen LogP contribution in [0.4, 0.5) is 0 Å². The summed E-state index contributed by atoms with van der Waals surface area (Å²) in [6.07, 6.45) is 3.00. The molecular weight excluding hydrogens is 304 g/mol. The van der Waals surface area contributed by atoms with Crippen LogP contribution in [-0.4, -0.2) is 48.9 Å². The van der Waals surface area contributed by atoms with Crippen LogP contribution in [0.15, 0.2) is 6.07 Å². The number of hydrogen-bond donors (Lipinski definition) is 0. The highest BCUT2D eigenvalue weighted by molar-refractivity contribution is 5.94. The number of likely N-dealkylation sites (N-methyl/N-ethyl adjacent to an activating group) is 1. The highest BCUT2D eigenvalue weighted by atomic mass is 16.2. The molecule has 1 aliphatic heterocycles. The fraction of sp³-hybridized carbons (Fsp3) is 0.647. The number of aromatic nitrogens is 5. The first-order chi connectivity index (χ1) is 11.5. The smallest absolute Gasteiger partial charge is 0.271 e. The third kappa shape index (κ3) is 3.20. The molecule has 0 spiro atoms. The van der Waals surface area contributed by atoms with Crippen molar-refractivity contribution in [3.05, 3.63) is 17.6 Å². The predicted octanol–water partition coefficient (Wildman–Crippen LogP) is 2.23. The Morgan fingerprint density at radius 2 is 2.04 bits per heavy atom. The van der Waals surface area contributed by atoms with Crippen molar-refractivity contribution in [2.75, 3.05) is 13.6 Å². The second-order valence-electron chi connectivity index (χ2n) is 6.89. The van der Waals surface area contributed by atoms with E-state index in [9.17, 15) is 4.79 Å². The van der Waals surface area contributed by atoms with E-state index in [-0.39, 0.29) is 5.91 Å². The minimum atomic E-state index is 0.0158. The van der Waals surface area contributed by atoms with E-state index in [0.717, 1.165) is 49.7 Å². The fourth-order valence-electron chi connectivity index (χ4n) is 2.90. The lowest BCUT2D eigenvalue weighted by Gasteiger charge is -2.22. The van der Waals surface area contributed by atoms with E-state index in [2.05, 4.69) is 31.0 Å². The van der Waals surface area contributed by atoms with Crippen LogP contribution in [0.1, 0.15) is 49.9 Å². The van der Waals surface area contributed by atoms with Crippen molar-refractivity contribution in [2.45, 2.75) is 53.1 Å². The number of aryl methyl sites for hydroxylation is 1. The molecule has 130 valence electrons. The van der Waals surface area contributed by atoms with Crippen molar-refractivity contribution in [1.29, 1.82) is 0 Å². The van der Waals surface area contributed by atoms with Gasteiger partial charge in [-0.3, -0.25) is 9.48 Å². The highest BCUT2D eigenvalue weighted by Gasteiger charge is 2.26. The Balaban J connectivity index is 1.97. The Morgan fingerprint density at radius 3 is 2.75 bits per heavy atom. The molecule has 0 bridgehead atoms. The number of unbranched alkanes of at least 4 members (excludes halogenated alkanes) is 1. The molecule has 7 heteroatoms. The lowest BCUT2D eigenvalue weighted by atomic mass is 10.1. The van der Waals surface area contributed by atoms with Crippen molar-refractivity contribution in [2.24, 2.45) is 5.92 Å². The van der Waals surface area contributed by atoms with Gasteiger partial charge < -0.3 is 4.90 Å². The summed E-state index contributed by atoms with van der Waals surface area (Å²) in [5.74, 6) is 2.15. The van der Waals surface area contributed by atoms with E-state index in [1.807, 2.05) is 17.8 Å². The Hall–Kier alpha value is -2.18. The Morgan fingerprint density at radius 1 is 1.25 bits per heavy atom. The summed E-state index contributed by atoms with van der Waals surface area (Å²) in [5.41, 5.74) is 1.38. The summed E-state index contributed by atoms with van der Waals surface area (Å²) >= 11 is 0. The van der Waals surface area contributed by atoms with Crippen LogP contribution in [0.25, 0.3) is 11.5 Å². The molecule has 3 rings (SSSR count). The first kappa shape index (κ1) is 16.7. The molecule has 7 nitrogen and oxygen atoms in total. The summed E-state index contributed by atoms with van der Waals surface area (Å²) in [6, 6.07) is 1.85. The van der Waals surface area contributed by atoms with Gasteiger partial charge in [-0.05, 0) is 12.3 Å². The summed E-state index contributed by atoms with van der Waals surface area (Å²) in [5, 5.41) is 9.28. The zero-order chi connectivity index (χ0) is 17.3. The highest BCUT2D eigenvalue weighted by Crippen LogP contribution is 2.22. The maximum Gasteiger partial charge on any atom is 0.271 e. The van der Waals surface area contributed by atoms with Crippen LogP contribution in [-0.2, 0) is 19.5 Å². The van der Waals surface area contributed by atoms with Crippen LogP contribution < -0.4 is 0 Å². The quantitative estimate of drug-likeness (QED) is 0.814. The maximum atomic E-state index is 12.3. The molecule has 2 aromatic heterocycles. The normalized spacial score (nSPS) is 14.5. The number of carbonyl (C=O) groups is 1. The van der Waals surface area contributed by atoms with Gasteiger partial charge in [-0.25, -0.2) is 9.67 Å². The van der Waals surface area contributed by atoms with Gasteiger partial charge in [0.15, 0.2) is 11.6 Å². The summed E-state index contributed by atoms with van der Waals surface area (Å²) in [6.45, 7) is 8.72. The number of fused-ring (bicyclic) bond motifs is 1. The molecule has 0 fully saturated rings. The third-order valence-electron chi connectivity index (χ3n) is 4.25.